The van der Waals surface area contributed by atoms with E-state index in [0.717, 1.165) is 17.1 Å². The molecule has 118 valence electrons. The van der Waals surface area contributed by atoms with E-state index in [1.807, 2.05) is 19.2 Å². The third-order valence-electron chi connectivity index (χ3n) is 3.44. The van der Waals surface area contributed by atoms with Gasteiger partial charge in [0.1, 0.15) is 6.04 Å². The second-order valence-corrected chi connectivity index (χ2v) is 8.26. The van der Waals surface area contributed by atoms with Gasteiger partial charge in [-0.2, -0.15) is 4.31 Å². The summed E-state index contributed by atoms with van der Waals surface area (Å²) >= 11 is 1.53. The first kappa shape index (κ1) is 16.4. The molecule has 0 bridgehead atoms. The van der Waals surface area contributed by atoms with E-state index < -0.39 is 16.1 Å². The van der Waals surface area contributed by atoms with Crippen molar-refractivity contribution >= 4 is 27.3 Å². The molecule has 0 spiro atoms. The van der Waals surface area contributed by atoms with E-state index >= 15 is 0 Å². The molecule has 21 heavy (non-hydrogen) atoms. The van der Waals surface area contributed by atoms with Gasteiger partial charge in [0.25, 0.3) is 0 Å². The van der Waals surface area contributed by atoms with Crippen molar-refractivity contribution in [3.05, 3.63) is 16.1 Å². The van der Waals surface area contributed by atoms with Crippen molar-refractivity contribution < 1.29 is 13.2 Å². The Morgan fingerprint density at radius 2 is 2.33 bits per heavy atom. The summed E-state index contributed by atoms with van der Waals surface area (Å²) in [6.07, 6.45) is 1.88. The van der Waals surface area contributed by atoms with Gasteiger partial charge < -0.3 is 5.32 Å². The number of rotatable bonds is 6. The molecule has 0 aromatic carbocycles. The van der Waals surface area contributed by atoms with Crippen molar-refractivity contribution in [2.75, 3.05) is 12.3 Å². The highest BCUT2D eigenvalue weighted by molar-refractivity contribution is 7.89. The smallest absolute Gasteiger partial charge is 0.238 e. The summed E-state index contributed by atoms with van der Waals surface area (Å²) in [4.78, 5) is 16.5. The van der Waals surface area contributed by atoms with Gasteiger partial charge in [0.15, 0.2) is 0 Å². The van der Waals surface area contributed by atoms with E-state index in [2.05, 4.69) is 10.3 Å². The number of hydrogen-bond acceptors (Lipinski definition) is 5. The maximum atomic E-state index is 12.2. The van der Waals surface area contributed by atoms with Crippen molar-refractivity contribution in [1.82, 2.24) is 14.6 Å². The van der Waals surface area contributed by atoms with Crippen LogP contribution in [-0.4, -0.2) is 42.0 Å². The second-order valence-electron chi connectivity index (χ2n) is 5.16. The molecule has 1 N–H and O–H groups in total. The van der Waals surface area contributed by atoms with Crippen LogP contribution in [-0.2, 0) is 21.4 Å². The molecule has 1 aromatic rings. The molecule has 1 aromatic heterocycles. The van der Waals surface area contributed by atoms with E-state index in [0.29, 0.717) is 25.9 Å². The van der Waals surface area contributed by atoms with Crippen molar-refractivity contribution in [2.45, 2.75) is 45.7 Å². The van der Waals surface area contributed by atoms with Gasteiger partial charge in [0, 0.05) is 11.9 Å². The number of aryl methyl sites for hydroxylation is 1. The molecule has 1 saturated heterocycles. The molecule has 6 nitrogen and oxygen atoms in total. The first-order valence-electron chi connectivity index (χ1n) is 7.12. The van der Waals surface area contributed by atoms with E-state index in [4.69, 9.17) is 0 Å². The maximum absolute atomic E-state index is 12.2. The predicted molar refractivity (Wildman–Crippen MR) is 82.5 cm³/mol. The maximum Gasteiger partial charge on any atom is 0.238 e. The average molecular weight is 331 g/mol. The van der Waals surface area contributed by atoms with Crippen molar-refractivity contribution in [1.29, 1.82) is 0 Å². The summed E-state index contributed by atoms with van der Waals surface area (Å²) in [7, 11) is -3.32. The monoisotopic (exact) mass is 331 g/mol. The number of nitrogens with one attached hydrogen (secondary N) is 1. The zero-order valence-electron chi connectivity index (χ0n) is 12.3. The van der Waals surface area contributed by atoms with Crippen LogP contribution in [0, 0.1) is 6.92 Å². The van der Waals surface area contributed by atoms with Gasteiger partial charge in [-0.05, 0) is 26.2 Å². The summed E-state index contributed by atoms with van der Waals surface area (Å²) in [5, 5.41) is 5.65. The quantitative estimate of drug-likeness (QED) is 0.851. The highest BCUT2D eigenvalue weighted by atomic mass is 32.2. The Bertz CT molecular complexity index is 598. The van der Waals surface area contributed by atoms with Gasteiger partial charge in [0.2, 0.25) is 15.9 Å². The fourth-order valence-electron chi connectivity index (χ4n) is 2.50. The van der Waals surface area contributed by atoms with E-state index in [1.165, 1.54) is 15.6 Å². The number of thiazole rings is 1. The van der Waals surface area contributed by atoms with Crippen molar-refractivity contribution in [3.8, 4) is 0 Å². The van der Waals surface area contributed by atoms with Crippen LogP contribution in [0.2, 0.25) is 0 Å². The van der Waals surface area contributed by atoms with Gasteiger partial charge in [-0.3, -0.25) is 4.79 Å². The van der Waals surface area contributed by atoms with Gasteiger partial charge in [0.05, 0.1) is 23.0 Å². The Hall–Kier alpha value is -0.990. The number of aromatic nitrogens is 1. The van der Waals surface area contributed by atoms with Crippen LogP contribution in [0.15, 0.2) is 5.38 Å². The highest BCUT2D eigenvalue weighted by Gasteiger charge is 2.37. The van der Waals surface area contributed by atoms with Crippen molar-refractivity contribution in [2.24, 2.45) is 0 Å². The van der Waals surface area contributed by atoms with Crippen molar-refractivity contribution in [3.63, 3.8) is 0 Å². The molecule has 1 amide bonds. The summed E-state index contributed by atoms with van der Waals surface area (Å²) in [5.41, 5.74) is 0.812. The molecule has 1 aliphatic heterocycles. The lowest BCUT2D eigenvalue weighted by Gasteiger charge is -2.23. The number of carbonyl (C=O) groups excluding carboxylic acids is 1. The number of nitrogens with zero attached hydrogens (tertiary/aromatic N) is 2. The Balaban J connectivity index is 1.97. The molecule has 0 aliphatic carbocycles. The SMILES string of the molecule is CCCS(=O)(=O)N1CCCC1C(=O)NCc1csc(C)n1. The molecule has 0 radical (unpaired) electrons. The normalized spacial score (nSPS) is 19.8. The zero-order valence-corrected chi connectivity index (χ0v) is 14.0. The first-order valence-corrected chi connectivity index (χ1v) is 9.61. The van der Waals surface area contributed by atoms with Gasteiger partial charge in [-0.25, -0.2) is 13.4 Å². The lowest BCUT2D eigenvalue weighted by molar-refractivity contribution is -0.124. The molecule has 1 unspecified atom stereocenters. The number of sulfonamides is 1. The Morgan fingerprint density at radius 3 is 2.95 bits per heavy atom. The first-order chi connectivity index (χ1) is 9.94. The minimum atomic E-state index is -3.32. The van der Waals surface area contributed by atoms with Crippen LogP contribution >= 0.6 is 11.3 Å². The lowest BCUT2D eigenvalue weighted by Crippen LogP contribution is -2.46. The standard InChI is InChI=1S/C13H21N3O3S2/c1-3-7-21(18,19)16-6-4-5-12(16)13(17)14-8-11-9-20-10(2)15-11/h9,12H,3-8H2,1-2H3,(H,14,17). The molecule has 2 rings (SSSR count). The second kappa shape index (κ2) is 6.85. The van der Waals surface area contributed by atoms with Gasteiger partial charge in [-0.1, -0.05) is 6.92 Å². The molecule has 1 fully saturated rings. The Labute approximate surface area is 129 Å². The molecular weight excluding hydrogens is 310 g/mol. The summed E-state index contributed by atoms with van der Waals surface area (Å²) < 4.78 is 25.7. The third-order valence-corrected chi connectivity index (χ3v) is 6.33. The fraction of sp³-hybridized carbons (Fsp3) is 0.692. The fourth-order valence-corrected chi connectivity index (χ4v) is 4.85. The third kappa shape index (κ3) is 4.02. The average Bonchev–Trinajstić information content (AvgIpc) is 3.04. The molecule has 0 saturated carbocycles. The topological polar surface area (TPSA) is 79.4 Å². The minimum absolute atomic E-state index is 0.0993. The van der Waals surface area contributed by atoms with Gasteiger partial charge >= 0.3 is 0 Å². The Morgan fingerprint density at radius 1 is 1.57 bits per heavy atom. The molecule has 1 aliphatic rings. The van der Waals surface area contributed by atoms with Crippen LogP contribution in [0.4, 0.5) is 0 Å². The largest absolute Gasteiger partial charge is 0.349 e. The predicted octanol–water partition coefficient (Wildman–Crippen LogP) is 1.27. The van der Waals surface area contributed by atoms with E-state index in [1.54, 1.807) is 0 Å². The highest BCUT2D eigenvalue weighted by Crippen LogP contribution is 2.22. The zero-order chi connectivity index (χ0) is 15.5. The number of carbonyl (C=O) groups is 1. The van der Waals surface area contributed by atoms with Crippen LogP contribution in [0.3, 0.4) is 0 Å². The van der Waals surface area contributed by atoms with E-state index in [-0.39, 0.29) is 11.7 Å². The Kier molecular flexibility index (Phi) is 5.34. The molecule has 1 atom stereocenters. The molecule has 2 heterocycles. The van der Waals surface area contributed by atoms with E-state index in [9.17, 15) is 13.2 Å². The van der Waals surface area contributed by atoms with Crippen LogP contribution < -0.4 is 5.32 Å². The summed E-state index contributed by atoms with van der Waals surface area (Å²) in [6, 6.07) is -0.568. The molecular formula is C13H21N3O3S2. The molecule has 8 heteroatoms. The number of amides is 1. The van der Waals surface area contributed by atoms with Crippen LogP contribution in [0.25, 0.3) is 0 Å². The van der Waals surface area contributed by atoms with Crippen LogP contribution in [0.5, 0.6) is 0 Å². The van der Waals surface area contributed by atoms with Gasteiger partial charge in [-0.15, -0.1) is 11.3 Å². The minimum Gasteiger partial charge on any atom is -0.349 e. The summed E-state index contributed by atoms with van der Waals surface area (Å²) in [5.74, 6) is -0.125. The van der Waals surface area contributed by atoms with Crippen LogP contribution in [0.1, 0.15) is 36.9 Å². The summed E-state index contributed by atoms with van der Waals surface area (Å²) in [6.45, 7) is 4.52. The number of hydrogen-bond donors (Lipinski definition) is 1. The lowest BCUT2D eigenvalue weighted by atomic mass is 10.2.